The van der Waals surface area contributed by atoms with Gasteiger partial charge in [-0.1, -0.05) is 82.1 Å². The first-order valence-electron chi connectivity index (χ1n) is 12.0. The Bertz CT molecular complexity index is 976. The maximum absolute atomic E-state index is 13.0. The minimum Gasteiger partial charge on any atom is -0.481 e. The average Bonchev–Trinajstić information content (AvgIpc) is 3.14. The molecule has 7 nitrogen and oxygen atoms in total. The third kappa shape index (κ3) is 5.95. The van der Waals surface area contributed by atoms with Crippen LogP contribution in [0.1, 0.15) is 63.5 Å². The van der Waals surface area contributed by atoms with Crippen LogP contribution in [0.2, 0.25) is 0 Å². The first-order chi connectivity index (χ1) is 16.3. The number of carboxylic acid groups (broad SMARTS) is 1. The van der Waals surface area contributed by atoms with Crippen molar-refractivity contribution in [3.8, 4) is 11.1 Å². The number of ether oxygens (including phenoxy) is 1. The zero-order valence-electron chi connectivity index (χ0n) is 20.0. The molecule has 2 aromatic rings. The van der Waals surface area contributed by atoms with Crippen molar-refractivity contribution in [1.82, 2.24) is 10.6 Å². The third-order valence-corrected chi connectivity index (χ3v) is 6.52. The number of carbonyl (C=O) groups is 3. The van der Waals surface area contributed by atoms with Crippen LogP contribution in [0.4, 0.5) is 4.79 Å². The highest BCUT2D eigenvalue weighted by Crippen LogP contribution is 2.44. The van der Waals surface area contributed by atoms with E-state index >= 15 is 0 Å². The van der Waals surface area contributed by atoms with Gasteiger partial charge < -0.3 is 20.5 Å². The molecule has 0 fully saturated rings. The molecule has 3 atom stereocenters. The molecule has 0 aromatic heterocycles. The molecule has 2 amide bonds. The van der Waals surface area contributed by atoms with E-state index in [1.165, 1.54) is 0 Å². The van der Waals surface area contributed by atoms with Crippen LogP contribution in [-0.2, 0) is 14.3 Å². The summed E-state index contributed by atoms with van der Waals surface area (Å²) >= 11 is 0. The Morgan fingerprint density at radius 2 is 1.56 bits per heavy atom. The number of benzene rings is 2. The maximum atomic E-state index is 13.0. The van der Waals surface area contributed by atoms with E-state index in [1.807, 2.05) is 57.2 Å². The predicted molar refractivity (Wildman–Crippen MR) is 131 cm³/mol. The Labute approximate surface area is 200 Å². The van der Waals surface area contributed by atoms with Gasteiger partial charge in [0.2, 0.25) is 5.91 Å². The fraction of sp³-hybridized carbons (Fsp3) is 0.444. The minimum atomic E-state index is -0.969. The summed E-state index contributed by atoms with van der Waals surface area (Å²) in [6, 6.07) is 14.9. The number of nitrogens with one attached hydrogen (secondary N) is 2. The average molecular weight is 467 g/mol. The van der Waals surface area contributed by atoms with Crippen LogP contribution in [-0.4, -0.2) is 41.8 Å². The number of hydrogen-bond acceptors (Lipinski definition) is 4. The first kappa shape index (κ1) is 25.3. The van der Waals surface area contributed by atoms with E-state index in [-0.39, 0.29) is 30.8 Å². The van der Waals surface area contributed by atoms with E-state index in [4.69, 9.17) is 9.84 Å². The van der Waals surface area contributed by atoms with Crippen molar-refractivity contribution in [2.45, 2.75) is 64.5 Å². The largest absolute Gasteiger partial charge is 0.481 e. The van der Waals surface area contributed by atoms with Crippen molar-refractivity contribution in [2.75, 3.05) is 6.61 Å². The van der Waals surface area contributed by atoms with Gasteiger partial charge in [0.15, 0.2) is 0 Å². The first-order valence-corrected chi connectivity index (χ1v) is 12.0. The van der Waals surface area contributed by atoms with Crippen LogP contribution >= 0.6 is 0 Å². The van der Waals surface area contributed by atoms with Gasteiger partial charge in [0, 0.05) is 12.0 Å². The summed E-state index contributed by atoms with van der Waals surface area (Å²) in [5.41, 5.74) is 4.52. The van der Waals surface area contributed by atoms with Crippen LogP contribution < -0.4 is 10.6 Å². The molecule has 3 rings (SSSR count). The molecule has 0 spiro atoms. The SMILES string of the molecule is CCCC(CC(=O)O)NC(=O)C(NC(=O)OCC1c2ccccc2-c2ccccc21)C(C)CC. The van der Waals surface area contributed by atoms with Crippen LogP contribution in [0.5, 0.6) is 0 Å². The van der Waals surface area contributed by atoms with E-state index in [0.29, 0.717) is 12.8 Å². The molecule has 0 bridgehead atoms. The van der Waals surface area contributed by atoms with Crippen molar-refractivity contribution in [2.24, 2.45) is 5.92 Å². The van der Waals surface area contributed by atoms with E-state index in [2.05, 4.69) is 22.8 Å². The smallest absolute Gasteiger partial charge is 0.407 e. The number of carboxylic acids is 1. The lowest BCUT2D eigenvalue weighted by molar-refractivity contribution is -0.137. The zero-order valence-corrected chi connectivity index (χ0v) is 20.0. The van der Waals surface area contributed by atoms with E-state index in [0.717, 1.165) is 28.7 Å². The summed E-state index contributed by atoms with van der Waals surface area (Å²) < 4.78 is 5.61. The van der Waals surface area contributed by atoms with E-state index in [9.17, 15) is 14.4 Å². The Hall–Kier alpha value is -3.35. The molecule has 0 aliphatic heterocycles. The summed E-state index contributed by atoms with van der Waals surface area (Å²) in [6.07, 6.45) is 1.15. The van der Waals surface area contributed by atoms with Crippen LogP contribution in [0, 0.1) is 5.92 Å². The van der Waals surface area contributed by atoms with Gasteiger partial charge in [0.05, 0.1) is 6.42 Å². The van der Waals surface area contributed by atoms with Gasteiger partial charge in [0.1, 0.15) is 12.6 Å². The molecule has 0 heterocycles. The molecule has 2 aromatic carbocycles. The summed E-state index contributed by atoms with van der Waals surface area (Å²) in [4.78, 5) is 36.8. The lowest BCUT2D eigenvalue weighted by atomic mass is 9.97. The molecular weight excluding hydrogens is 432 g/mol. The molecule has 0 radical (unpaired) electrons. The predicted octanol–water partition coefficient (Wildman–Crippen LogP) is 4.70. The van der Waals surface area contributed by atoms with Gasteiger partial charge in [-0.05, 0) is 34.6 Å². The van der Waals surface area contributed by atoms with Gasteiger partial charge in [-0.2, -0.15) is 0 Å². The maximum Gasteiger partial charge on any atom is 0.407 e. The molecule has 3 unspecified atom stereocenters. The molecule has 34 heavy (non-hydrogen) atoms. The molecular formula is C27H34N2O5. The third-order valence-electron chi connectivity index (χ3n) is 6.52. The molecule has 1 aliphatic rings. The van der Waals surface area contributed by atoms with Gasteiger partial charge in [0.25, 0.3) is 0 Å². The van der Waals surface area contributed by atoms with Crippen molar-refractivity contribution in [1.29, 1.82) is 0 Å². The van der Waals surface area contributed by atoms with Crippen molar-refractivity contribution >= 4 is 18.0 Å². The number of rotatable bonds is 11. The number of carbonyl (C=O) groups excluding carboxylic acids is 2. The Morgan fingerprint density at radius 3 is 2.09 bits per heavy atom. The molecule has 182 valence electrons. The molecule has 3 N–H and O–H groups in total. The second kappa shape index (κ2) is 11.7. The normalized spacial score (nSPS) is 14.9. The van der Waals surface area contributed by atoms with Crippen LogP contribution in [0.3, 0.4) is 0 Å². The van der Waals surface area contributed by atoms with E-state index < -0.39 is 24.1 Å². The molecule has 7 heteroatoms. The summed E-state index contributed by atoms with van der Waals surface area (Å²) in [7, 11) is 0. The lowest BCUT2D eigenvalue weighted by Crippen LogP contribution is -2.53. The van der Waals surface area contributed by atoms with Crippen LogP contribution in [0.15, 0.2) is 48.5 Å². The van der Waals surface area contributed by atoms with Crippen molar-refractivity contribution < 1.29 is 24.2 Å². The molecule has 0 saturated heterocycles. The highest BCUT2D eigenvalue weighted by Gasteiger charge is 2.31. The zero-order chi connectivity index (χ0) is 24.7. The highest BCUT2D eigenvalue weighted by molar-refractivity contribution is 5.86. The topological polar surface area (TPSA) is 105 Å². The Morgan fingerprint density at radius 1 is 0.971 bits per heavy atom. The van der Waals surface area contributed by atoms with Gasteiger partial charge in [-0.3, -0.25) is 9.59 Å². The number of alkyl carbamates (subject to hydrolysis) is 1. The number of hydrogen-bond donors (Lipinski definition) is 3. The quantitative estimate of drug-likeness (QED) is 0.445. The number of fused-ring (bicyclic) bond motifs is 3. The van der Waals surface area contributed by atoms with Gasteiger partial charge >= 0.3 is 12.1 Å². The second-order valence-corrected chi connectivity index (χ2v) is 8.93. The van der Waals surface area contributed by atoms with Crippen LogP contribution in [0.25, 0.3) is 11.1 Å². The number of aliphatic carboxylic acids is 1. The summed E-state index contributed by atoms with van der Waals surface area (Å²) in [6.45, 7) is 5.90. The van der Waals surface area contributed by atoms with Crippen molar-refractivity contribution in [3.05, 3.63) is 59.7 Å². The Balaban J connectivity index is 1.66. The van der Waals surface area contributed by atoms with Crippen molar-refractivity contribution in [3.63, 3.8) is 0 Å². The van der Waals surface area contributed by atoms with Gasteiger partial charge in [-0.15, -0.1) is 0 Å². The lowest BCUT2D eigenvalue weighted by Gasteiger charge is -2.26. The molecule has 1 aliphatic carbocycles. The van der Waals surface area contributed by atoms with Gasteiger partial charge in [-0.25, -0.2) is 4.79 Å². The summed E-state index contributed by atoms with van der Waals surface area (Å²) in [5, 5.41) is 14.7. The second-order valence-electron chi connectivity index (χ2n) is 8.93. The fourth-order valence-corrected chi connectivity index (χ4v) is 4.54. The highest BCUT2D eigenvalue weighted by atomic mass is 16.5. The number of amides is 2. The van der Waals surface area contributed by atoms with E-state index in [1.54, 1.807) is 0 Å². The Kier molecular flexibility index (Phi) is 8.68. The standard InChI is InChI=1S/C27H34N2O5/c1-4-10-18(15-24(30)31)28-26(32)25(17(3)5-2)29-27(33)34-16-23-21-13-8-6-11-19(21)20-12-7-9-14-22(20)23/h6-9,11-14,17-18,23,25H,4-5,10,15-16H2,1-3H3,(H,28,32)(H,29,33)(H,30,31). The monoisotopic (exact) mass is 466 g/mol. The summed E-state index contributed by atoms with van der Waals surface area (Å²) in [5.74, 6) is -1.57. The minimum absolute atomic E-state index is 0.0708. The molecule has 0 saturated carbocycles. The fourth-order valence-electron chi connectivity index (χ4n) is 4.54.